The zero-order valence-corrected chi connectivity index (χ0v) is 15.0. The largest absolute Gasteiger partial charge is 0.481 e. The first-order valence-electron chi connectivity index (χ1n) is 9.02. The fraction of sp³-hybridized carbons (Fsp3) is 0.217. The van der Waals surface area contributed by atoms with Crippen molar-refractivity contribution in [2.24, 2.45) is 0 Å². The third-order valence-corrected chi connectivity index (χ3v) is 4.61. The van der Waals surface area contributed by atoms with Gasteiger partial charge in [0.15, 0.2) is 0 Å². The van der Waals surface area contributed by atoms with Crippen LogP contribution < -0.4 is 0 Å². The molecular weight excluding hydrogens is 340 g/mol. The van der Waals surface area contributed by atoms with E-state index in [1.54, 1.807) is 6.08 Å². The van der Waals surface area contributed by atoms with Crippen molar-refractivity contribution in [3.8, 4) is 0 Å². The number of hydrogen-bond donors (Lipinski definition) is 2. The van der Waals surface area contributed by atoms with Gasteiger partial charge in [0, 0.05) is 6.42 Å². The van der Waals surface area contributed by atoms with Gasteiger partial charge in [-0.2, -0.15) is 0 Å². The van der Waals surface area contributed by atoms with Crippen molar-refractivity contribution in [2.75, 3.05) is 0 Å². The van der Waals surface area contributed by atoms with Crippen LogP contribution in [0.2, 0.25) is 0 Å². The fourth-order valence-corrected chi connectivity index (χ4v) is 3.37. The van der Waals surface area contributed by atoms with E-state index >= 15 is 0 Å². The lowest BCUT2D eigenvalue weighted by atomic mass is 9.89. The zero-order valence-electron chi connectivity index (χ0n) is 15.0. The van der Waals surface area contributed by atoms with Crippen molar-refractivity contribution < 1.29 is 19.8 Å². The van der Waals surface area contributed by atoms with Gasteiger partial charge in [0.1, 0.15) is 12.2 Å². The third kappa shape index (κ3) is 4.80. The Hall–Kier alpha value is -2.98. The highest BCUT2D eigenvalue weighted by atomic mass is 16.4. The van der Waals surface area contributed by atoms with Crippen LogP contribution >= 0.6 is 0 Å². The Morgan fingerprint density at radius 2 is 1.89 bits per heavy atom. The van der Waals surface area contributed by atoms with E-state index in [1.165, 1.54) is 22.8 Å². The summed E-state index contributed by atoms with van der Waals surface area (Å²) >= 11 is 0. The molecule has 0 amide bonds. The quantitative estimate of drug-likeness (QED) is 0.748. The van der Waals surface area contributed by atoms with Crippen LogP contribution in [0.4, 0.5) is 0 Å². The Morgan fingerprint density at radius 1 is 1.11 bits per heavy atom. The van der Waals surface area contributed by atoms with Gasteiger partial charge in [-0.1, -0.05) is 66.8 Å². The molecule has 138 valence electrons. The van der Waals surface area contributed by atoms with Gasteiger partial charge in [0.25, 0.3) is 0 Å². The molecule has 4 heteroatoms. The van der Waals surface area contributed by atoms with Crippen LogP contribution in [0.15, 0.2) is 72.4 Å². The lowest BCUT2D eigenvalue weighted by Gasteiger charge is -2.15. The predicted octanol–water partition coefficient (Wildman–Crippen LogP) is 4.09. The summed E-state index contributed by atoms with van der Waals surface area (Å²) in [5, 5.41) is 18.5. The molecule has 0 bridgehead atoms. The molecule has 4 nitrogen and oxygen atoms in total. The Balaban J connectivity index is 1.80. The number of ketones is 1. The van der Waals surface area contributed by atoms with Crippen LogP contribution in [-0.2, 0) is 9.59 Å². The monoisotopic (exact) mass is 362 g/mol. The van der Waals surface area contributed by atoms with Gasteiger partial charge in [-0.25, -0.2) is 0 Å². The maximum atomic E-state index is 11.5. The number of carbonyl (C=O) groups excluding carboxylic acids is 1. The first kappa shape index (κ1) is 18.8. The lowest BCUT2D eigenvalue weighted by Crippen LogP contribution is -2.14. The summed E-state index contributed by atoms with van der Waals surface area (Å²) in [5.74, 6) is -1.67. The number of allylic oxidation sites excluding steroid dienone is 9. The van der Waals surface area contributed by atoms with Crippen molar-refractivity contribution >= 4 is 22.9 Å². The summed E-state index contributed by atoms with van der Waals surface area (Å²) < 4.78 is 0. The summed E-state index contributed by atoms with van der Waals surface area (Å²) in [6.07, 6.45) is 13.9. The molecule has 2 aliphatic carbocycles. The minimum absolute atomic E-state index is 0.195. The highest BCUT2D eigenvalue weighted by Crippen LogP contribution is 2.37. The number of carboxylic acid groups (broad SMARTS) is 1. The van der Waals surface area contributed by atoms with Crippen molar-refractivity contribution in [1.82, 2.24) is 0 Å². The first-order chi connectivity index (χ1) is 13.0. The molecule has 0 radical (unpaired) electrons. The van der Waals surface area contributed by atoms with E-state index in [4.69, 9.17) is 5.11 Å². The molecule has 0 aliphatic heterocycles. The molecule has 3 rings (SSSR count). The molecule has 1 atom stereocenters. The second-order valence-electron chi connectivity index (χ2n) is 6.64. The number of fused-ring (bicyclic) bond motifs is 2. The molecule has 0 heterocycles. The number of aliphatic hydroxyl groups excluding tert-OH is 1. The molecule has 0 saturated heterocycles. The summed E-state index contributed by atoms with van der Waals surface area (Å²) in [6.45, 7) is 0. The summed E-state index contributed by atoms with van der Waals surface area (Å²) in [6, 6.07) is 8.26. The van der Waals surface area contributed by atoms with Crippen LogP contribution in [0.1, 0.15) is 36.8 Å². The molecule has 27 heavy (non-hydrogen) atoms. The van der Waals surface area contributed by atoms with E-state index in [1.807, 2.05) is 18.2 Å². The molecule has 2 aliphatic rings. The standard InChI is InChI=1S/C23H22O4/c24-18(14-19(25)15-23(26)27)8-5-7-17-13-12-16-6-1-2-9-20(16)22-11-4-3-10-21(17)22/h1,3-8,10-13,18,24H,2,9,14-15H2,(H,26,27). The van der Waals surface area contributed by atoms with E-state index in [2.05, 4.69) is 36.4 Å². The van der Waals surface area contributed by atoms with Crippen LogP contribution in [0.3, 0.4) is 0 Å². The maximum Gasteiger partial charge on any atom is 0.310 e. The average Bonchev–Trinajstić information content (AvgIpc) is 2.79. The number of Topliss-reactive ketones (excluding diaryl/α,β-unsaturated/α-hetero) is 1. The van der Waals surface area contributed by atoms with Crippen molar-refractivity contribution in [1.29, 1.82) is 0 Å². The van der Waals surface area contributed by atoms with Crippen molar-refractivity contribution in [3.05, 3.63) is 83.5 Å². The van der Waals surface area contributed by atoms with E-state index in [0.717, 1.165) is 24.0 Å². The molecule has 1 aromatic carbocycles. The number of carboxylic acids is 1. The summed E-state index contributed by atoms with van der Waals surface area (Å²) in [7, 11) is 0. The summed E-state index contributed by atoms with van der Waals surface area (Å²) in [5.41, 5.74) is 5.94. The lowest BCUT2D eigenvalue weighted by molar-refractivity contribution is -0.140. The zero-order chi connectivity index (χ0) is 19.2. The van der Waals surface area contributed by atoms with Gasteiger partial charge in [0.05, 0.1) is 6.10 Å². The first-order valence-corrected chi connectivity index (χ1v) is 9.02. The van der Waals surface area contributed by atoms with Crippen molar-refractivity contribution in [2.45, 2.75) is 31.8 Å². The van der Waals surface area contributed by atoms with E-state index in [0.29, 0.717) is 0 Å². The average molecular weight is 362 g/mol. The number of benzene rings is 1. The van der Waals surface area contributed by atoms with Crippen LogP contribution in [-0.4, -0.2) is 28.1 Å². The topological polar surface area (TPSA) is 74.6 Å². The van der Waals surface area contributed by atoms with E-state index in [9.17, 15) is 14.7 Å². The molecular formula is C23H22O4. The molecule has 0 aromatic heterocycles. The van der Waals surface area contributed by atoms with Gasteiger partial charge in [0.2, 0.25) is 0 Å². The SMILES string of the molecule is O=C(O)CC(=O)CC(O)C=CC=C1C=CC2=C(CCC=C2)c2ccccc21. The van der Waals surface area contributed by atoms with Gasteiger partial charge in [-0.15, -0.1) is 0 Å². The predicted molar refractivity (Wildman–Crippen MR) is 106 cm³/mol. The van der Waals surface area contributed by atoms with Crippen LogP contribution in [0.5, 0.6) is 0 Å². The van der Waals surface area contributed by atoms with Gasteiger partial charge in [-0.3, -0.25) is 9.59 Å². The second kappa shape index (κ2) is 8.60. The smallest absolute Gasteiger partial charge is 0.310 e. The molecule has 1 aromatic rings. The maximum absolute atomic E-state index is 11.5. The number of aliphatic hydroxyl groups is 1. The molecule has 1 unspecified atom stereocenters. The van der Waals surface area contributed by atoms with Gasteiger partial charge >= 0.3 is 5.97 Å². The minimum atomic E-state index is -1.18. The number of aliphatic carboxylic acids is 1. The second-order valence-corrected chi connectivity index (χ2v) is 6.64. The van der Waals surface area contributed by atoms with Gasteiger partial charge < -0.3 is 10.2 Å². The normalized spacial score (nSPS) is 18.3. The molecule has 0 saturated carbocycles. The molecule has 2 N–H and O–H groups in total. The van der Waals surface area contributed by atoms with Crippen molar-refractivity contribution in [3.63, 3.8) is 0 Å². The number of rotatable bonds is 6. The summed E-state index contributed by atoms with van der Waals surface area (Å²) in [4.78, 5) is 22.0. The molecule has 0 spiro atoms. The fourth-order valence-electron chi connectivity index (χ4n) is 3.37. The van der Waals surface area contributed by atoms with E-state index in [-0.39, 0.29) is 6.42 Å². The Bertz CT molecular complexity index is 897. The Kier molecular flexibility index (Phi) is 5.99. The highest BCUT2D eigenvalue weighted by molar-refractivity contribution is 5.95. The Morgan fingerprint density at radius 3 is 2.67 bits per heavy atom. The van der Waals surface area contributed by atoms with E-state index < -0.39 is 24.3 Å². The van der Waals surface area contributed by atoms with Gasteiger partial charge in [-0.05, 0) is 40.7 Å². The highest BCUT2D eigenvalue weighted by Gasteiger charge is 2.16. The number of hydrogen-bond acceptors (Lipinski definition) is 3. The minimum Gasteiger partial charge on any atom is -0.481 e. The third-order valence-electron chi connectivity index (χ3n) is 4.61. The Labute approximate surface area is 158 Å². The van der Waals surface area contributed by atoms with Crippen LogP contribution in [0, 0.1) is 0 Å². The molecule has 0 fully saturated rings. The van der Waals surface area contributed by atoms with Crippen LogP contribution in [0.25, 0.3) is 11.1 Å². The number of carbonyl (C=O) groups is 2.